The van der Waals surface area contributed by atoms with Gasteiger partial charge in [-0.25, -0.2) is 0 Å². The molecule has 0 aliphatic carbocycles. The number of hydrogen-bond donors (Lipinski definition) is 1. The molecular weight excluding hydrogens is 279 g/mol. The van der Waals surface area contributed by atoms with Gasteiger partial charge in [-0.3, -0.25) is 4.68 Å². The van der Waals surface area contributed by atoms with Crippen molar-refractivity contribution < 1.29 is 5.11 Å². The van der Waals surface area contributed by atoms with Crippen LogP contribution < -0.4 is 0 Å². The highest BCUT2D eigenvalue weighted by atomic mass is 127. The van der Waals surface area contributed by atoms with Gasteiger partial charge in [0.1, 0.15) is 0 Å². The number of aliphatic hydroxyl groups is 1. The maximum atomic E-state index is 10.0. The highest BCUT2D eigenvalue weighted by Gasteiger charge is 2.22. The predicted molar refractivity (Wildman–Crippen MR) is 60.5 cm³/mol. The first-order valence-corrected chi connectivity index (χ1v) is 5.58. The largest absolute Gasteiger partial charge is 0.388 e. The van der Waals surface area contributed by atoms with E-state index >= 15 is 0 Å². The third-order valence-corrected chi connectivity index (χ3v) is 2.93. The fourth-order valence-corrected chi connectivity index (χ4v) is 1.65. The summed E-state index contributed by atoms with van der Waals surface area (Å²) in [4.78, 5) is 0. The second-order valence-corrected chi connectivity index (χ2v) is 4.53. The minimum atomic E-state index is -0.602. The van der Waals surface area contributed by atoms with Crippen LogP contribution in [0.1, 0.15) is 26.7 Å². The number of hydrogen-bond acceptors (Lipinski definition) is 2. The summed E-state index contributed by atoms with van der Waals surface area (Å²) in [5, 5.41) is 14.2. The molecule has 0 aliphatic heterocycles. The zero-order valence-electron chi connectivity index (χ0n) is 8.00. The molecule has 1 aromatic rings. The molecule has 4 heteroatoms. The first kappa shape index (κ1) is 11.0. The van der Waals surface area contributed by atoms with Crippen LogP contribution in [0.4, 0.5) is 0 Å². The lowest BCUT2D eigenvalue weighted by atomic mass is 9.98. The van der Waals surface area contributed by atoms with Crippen LogP contribution in [0.5, 0.6) is 0 Å². The van der Waals surface area contributed by atoms with Gasteiger partial charge >= 0.3 is 0 Å². The van der Waals surface area contributed by atoms with Crippen molar-refractivity contribution in [2.45, 2.75) is 38.8 Å². The fraction of sp³-hybridized carbons (Fsp3) is 0.667. The fourth-order valence-electron chi connectivity index (χ4n) is 1.20. The van der Waals surface area contributed by atoms with Crippen molar-refractivity contribution in [2.75, 3.05) is 0 Å². The van der Waals surface area contributed by atoms with Crippen LogP contribution in [0.2, 0.25) is 0 Å². The molecule has 1 aromatic heterocycles. The predicted octanol–water partition coefficient (Wildman–Crippen LogP) is 2.04. The van der Waals surface area contributed by atoms with Crippen molar-refractivity contribution in [3.63, 3.8) is 0 Å². The summed E-state index contributed by atoms with van der Waals surface area (Å²) in [5.41, 5.74) is -0.602. The number of aromatic nitrogens is 2. The molecule has 0 aromatic carbocycles. The van der Waals surface area contributed by atoms with E-state index in [-0.39, 0.29) is 0 Å². The van der Waals surface area contributed by atoms with E-state index in [1.165, 1.54) is 0 Å². The normalized spacial score (nSPS) is 12.0. The number of rotatable bonds is 4. The van der Waals surface area contributed by atoms with Gasteiger partial charge in [-0.05, 0) is 35.4 Å². The summed E-state index contributed by atoms with van der Waals surface area (Å²) in [6.45, 7) is 4.58. The Labute approximate surface area is 92.3 Å². The van der Waals surface area contributed by atoms with Gasteiger partial charge in [0.25, 0.3) is 0 Å². The second-order valence-electron chi connectivity index (χ2n) is 3.29. The zero-order valence-corrected chi connectivity index (χ0v) is 10.2. The van der Waals surface area contributed by atoms with E-state index in [9.17, 15) is 5.11 Å². The molecule has 0 spiro atoms. The average molecular weight is 294 g/mol. The Morgan fingerprint density at radius 2 is 2.15 bits per heavy atom. The highest BCUT2D eigenvalue weighted by molar-refractivity contribution is 14.1. The topological polar surface area (TPSA) is 38.0 Å². The zero-order chi connectivity index (χ0) is 9.90. The van der Waals surface area contributed by atoms with Gasteiger partial charge < -0.3 is 5.11 Å². The molecular formula is C9H15IN2O. The van der Waals surface area contributed by atoms with Gasteiger partial charge in [0.05, 0.1) is 21.9 Å². The van der Waals surface area contributed by atoms with Crippen LogP contribution in [0.15, 0.2) is 12.4 Å². The smallest absolute Gasteiger partial charge is 0.0837 e. The van der Waals surface area contributed by atoms with Gasteiger partial charge in [-0.2, -0.15) is 5.10 Å². The monoisotopic (exact) mass is 294 g/mol. The summed E-state index contributed by atoms with van der Waals surface area (Å²) in [7, 11) is 0. The molecule has 1 N–H and O–H groups in total. The molecule has 74 valence electrons. The number of nitrogens with zero attached hydrogens (tertiary/aromatic N) is 2. The summed E-state index contributed by atoms with van der Waals surface area (Å²) in [6, 6.07) is 0. The van der Waals surface area contributed by atoms with Gasteiger partial charge in [-0.1, -0.05) is 13.8 Å². The Bertz CT molecular complexity index is 268. The van der Waals surface area contributed by atoms with E-state index in [2.05, 4.69) is 27.7 Å². The Balaban J connectivity index is 2.67. The van der Waals surface area contributed by atoms with E-state index in [1.54, 1.807) is 10.9 Å². The minimum absolute atomic E-state index is 0.586. The summed E-state index contributed by atoms with van der Waals surface area (Å²) < 4.78 is 2.90. The van der Waals surface area contributed by atoms with Crippen LogP contribution in [0.3, 0.4) is 0 Å². The molecule has 0 saturated heterocycles. The lowest BCUT2D eigenvalue weighted by Gasteiger charge is -2.24. The van der Waals surface area contributed by atoms with Crippen LogP contribution in [-0.4, -0.2) is 20.5 Å². The molecule has 0 aliphatic rings. The van der Waals surface area contributed by atoms with Crippen molar-refractivity contribution in [3.8, 4) is 0 Å². The number of halogens is 1. The maximum absolute atomic E-state index is 10.0. The highest BCUT2D eigenvalue weighted by Crippen LogP contribution is 2.17. The van der Waals surface area contributed by atoms with Crippen LogP contribution in [-0.2, 0) is 6.54 Å². The van der Waals surface area contributed by atoms with E-state index in [0.29, 0.717) is 6.54 Å². The molecule has 0 fully saturated rings. The average Bonchev–Trinajstić information content (AvgIpc) is 2.51. The van der Waals surface area contributed by atoms with Crippen molar-refractivity contribution in [3.05, 3.63) is 16.0 Å². The Morgan fingerprint density at radius 3 is 2.54 bits per heavy atom. The molecule has 0 radical (unpaired) electrons. The third-order valence-electron chi connectivity index (χ3n) is 2.37. The first-order valence-electron chi connectivity index (χ1n) is 4.50. The van der Waals surface area contributed by atoms with Crippen molar-refractivity contribution in [1.82, 2.24) is 9.78 Å². The van der Waals surface area contributed by atoms with Gasteiger partial charge in [0.2, 0.25) is 0 Å². The quantitative estimate of drug-likeness (QED) is 0.863. The van der Waals surface area contributed by atoms with E-state index < -0.39 is 5.60 Å². The van der Waals surface area contributed by atoms with Crippen molar-refractivity contribution in [1.29, 1.82) is 0 Å². The molecule has 0 unspecified atom stereocenters. The SMILES string of the molecule is CCC(O)(CC)Cn1cc(I)cn1. The van der Waals surface area contributed by atoms with Gasteiger partial charge in [-0.15, -0.1) is 0 Å². The van der Waals surface area contributed by atoms with E-state index in [4.69, 9.17) is 0 Å². The summed E-state index contributed by atoms with van der Waals surface area (Å²) in [5.74, 6) is 0. The second kappa shape index (κ2) is 4.41. The van der Waals surface area contributed by atoms with Gasteiger partial charge in [0, 0.05) is 6.20 Å². The van der Waals surface area contributed by atoms with Crippen molar-refractivity contribution >= 4 is 22.6 Å². The van der Waals surface area contributed by atoms with Crippen LogP contribution >= 0.6 is 22.6 Å². The van der Waals surface area contributed by atoms with Crippen LogP contribution in [0, 0.1) is 3.57 Å². The maximum Gasteiger partial charge on any atom is 0.0837 e. The first-order chi connectivity index (χ1) is 6.09. The molecule has 3 nitrogen and oxygen atoms in total. The third kappa shape index (κ3) is 2.95. The lowest BCUT2D eigenvalue weighted by Crippen LogP contribution is -2.32. The molecule has 0 amide bonds. The van der Waals surface area contributed by atoms with Crippen molar-refractivity contribution in [2.24, 2.45) is 0 Å². The Kier molecular flexibility index (Phi) is 3.73. The minimum Gasteiger partial charge on any atom is -0.388 e. The summed E-state index contributed by atoms with van der Waals surface area (Å²) in [6.07, 6.45) is 5.27. The Morgan fingerprint density at radius 1 is 1.54 bits per heavy atom. The standard InChI is InChI=1S/C9H15IN2O/c1-3-9(13,4-2)7-12-6-8(10)5-11-12/h5-6,13H,3-4,7H2,1-2H3. The van der Waals surface area contributed by atoms with Crippen LogP contribution in [0.25, 0.3) is 0 Å². The molecule has 0 saturated carbocycles. The molecule has 13 heavy (non-hydrogen) atoms. The molecule has 0 bridgehead atoms. The Hall–Kier alpha value is -0.100. The van der Waals surface area contributed by atoms with Gasteiger partial charge in [0.15, 0.2) is 0 Å². The molecule has 1 heterocycles. The molecule has 0 atom stereocenters. The summed E-state index contributed by atoms with van der Waals surface area (Å²) >= 11 is 2.21. The molecule has 1 rings (SSSR count). The van der Waals surface area contributed by atoms with E-state index in [0.717, 1.165) is 16.4 Å². The van der Waals surface area contributed by atoms with E-state index in [1.807, 2.05) is 20.0 Å². The lowest BCUT2D eigenvalue weighted by molar-refractivity contribution is 0.0119.